The van der Waals surface area contributed by atoms with Crippen molar-refractivity contribution in [3.05, 3.63) is 71.4 Å². The molecule has 4 rings (SSSR count). The van der Waals surface area contributed by atoms with E-state index in [-0.39, 0.29) is 11.3 Å². The van der Waals surface area contributed by atoms with Gasteiger partial charge in [0.2, 0.25) is 0 Å². The van der Waals surface area contributed by atoms with Gasteiger partial charge in [-0.1, -0.05) is 30.3 Å². The Bertz CT molecular complexity index is 1190. The molecule has 0 spiro atoms. The molecule has 7 heteroatoms. The molecule has 1 aromatic heterocycles. The Kier molecular flexibility index (Phi) is 6.01. The fraction of sp³-hybridized carbons (Fsp3) is 0.280. The van der Waals surface area contributed by atoms with Crippen LogP contribution in [-0.4, -0.2) is 65.4 Å². The van der Waals surface area contributed by atoms with Gasteiger partial charge in [0.05, 0.1) is 18.2 Å². The fourth-order valence-corrected chi connectivity index (χ4v) is 4.12. The molecule has 2 heterocycles. The summed E-state index contributed by atoms with van der Waals surface area (Å²) < 4.78 is 5.64. The minimum atomic E-state index is -0.705. The number of carbonyl (C=O) groups excluding carboxylic acids is 2. The number of amides is 1. The molecule has 1 amide bonds. The Morgan fingerprint density at radius 3 is 2.69 bits per heavy atom. The lowest BCUT2D eigenvalue weighted by Gasteiger charge is -2.26. The molecule has 2 N–H and O–H groups in total. The molecule has 166 valence electrons. The molecule has 1 aliphatic heterocycles. The molecule has 1 atom stereocenters. The number of likely N-dealkylation sites (tertiary alicyclic amines) is 1. The number of rotatable bonds is 7. The molecule has 0 bridgehead atoms. The van der Waals surface area contributed by atoms with Crippen molar-refractivity contribution in [2.45, 2.75) is 13.0 Å². The third-order valence-corrected chi connectivity index (χ3v) is 5.66. The number of nitrogens with zero attached hydrogens (tertiary/aromatic N) is 2. The number of fused-ring (bicyclic) bond motifs is 1. The third-order valence-electron chi connectivity index (χ3n) is 5.66. The minimum Gasteiger partial charge on any atom is -0.507 e. The van der Waals surface area contributed by atoms with Gasteiger partial charge in [-0.05, 0) is 44.8 Å². The van der Waals surface area contributed by atoms with Crippen LogP contribution in [0.4, 0.5) is 0 Å². The van der Waals surface area contributed by atoms with Crippen LogP contribution in [0.15, 0.2) is 60.3 Å². The average molecular weight is 434 g/mol. The Morgan fingerprint density at radius 1 is 1.16 bits per heavy atom. The van der Waals surface area contributed by atoms with Crippen LogP contribution in [0.2, 0.25) is 0 Å². The second-order valence-corrected chi connectivity index (χ2v) is 8.05. The summed E-state index contributed by atoms with van der Waals surface area (Å²) in [6, 6.07) is 14.2. The molecule has 0 aliphatic carbocycles. The van der Waals surface area contributed by atoms with Gasteiger partial charge in [0.15, 0.2) is 0 Å². The van der Waals surface area contributed by atoms with E-state index in [0.29, 0.717) is 31.0 Å². The number of likely N-dealkylation sites (N-methyl/N-ethyl adjacent to an activating group) is 1. The highest BCUT2D eigenvalue weighted by Gasteiger charge is 2.46. The number of aliphatic hydroxyl groups is 1. The first-order valence-corrected chi connectivity index (χ1v) is 10.6. The summed E-state index contributed by atoms with van der Waals surface area (Å²) in [5, 5.41) is 12.1. The Labute approximate surface area is 186 Å². The Morgan fingerprint density at radius 2 is 1.94 bits per heavy atom. The van der Waals surface area contributed by atoms with Crippen LogP contribution in [0, 0.1) is 0 Å². The van der Waals surface area contributed by atoms with Gasteiger partial charge in [-0.3, -0.25) is 9.59 Å². The van der Waals surface area contributed by atoms with E-state index in [0.717, 1.165) is 16.5 Å². The van der Waals surface area contributed by atoms with Crippen LogP contribution >= 0.6 is 0 Å². The predicted molar refractivity (Wildman–Crippen MR) is 123 cm³/mol. The van der Waals surface area contributed by atoms with E-state index >= 15 is 0 Å². The summed E-state index contributed by atoms with van der Waals surface area (Å²) in [5.41, 5.74) is 2.14. The van der Waals surface area contributed by atoms with Gasteiger partial charge < -0.3 is 24.6 Å². The van der Waals surface area contributed by atoms with Gasteiger partial charge >= 0.3 is 0 Å². The number of aromatic nitrogens is 1. The standard InChI is InChI=1S/C25H27N3O4/c1-4-32-17-9-7-8-16(14-17)22-21(24(30)25(31)28(22)13-12-27(2)3)23(29)19-15-26-20-11-6-5-10-18(19)20/h5-11,14-15,22,26,29H,4,12-13H2,1-3H3/b23-21-. The summed E-state index contributed by atoms with van der Waals surface area (Å²) in [4.78, 5) is 32.8. The van der Waals surface area contributed by atoms with Crippen molar-refractivity contribution in [2.24, 2.45) is 0 Å². The third kappa shape index (κ3) is 3.87. The quantitative estimate of drug-likeness (QED) is 0.338. The maximum absolute atomic E-state index is 13.2. The molecular weight excluding hydrogens is 406 g/mol. The van der Waals surface area contributed by atoms with E-state index in [4.69, 9.17) is 4.74 Å². The van der Waals surface area contributed by atoms with Crippen LogP contribution < -0.4 is 4.74 Å². The van der Waals surface area contributed by atoms with Crippen molar-refractivity contribution >= 4 is 28.4 Å². The van der Waals surface area contributed by atoms with Gasteiger partial charge in [-0.2, -0.15) is 0 Å². The van der Waals surface area contributed by atoms with Gasteiger partial charge in [-0.25, -0.2) is 0 Å². The van der Waals surface area contributed by atoms with Crippen molar-refractivity contribution in [2.75, 3.05) is 33.8 Å². The fourth-order valence-electron chi connectivity index (χ4n) is 4.12. The Hall–Kier alpha value is -3.58. The molecule has 2 aromatic carbocycles. The highest BCUT2D eigenvalue weighted by atomic mass is 16.5. The number of para-hydroxylation sites is 1. The molecule has 0 saturated carbocycles. The summed E-state index contributed by atoms with van der Waals surface area (Å²) in [6.07, 6.45) is 1.67. The number of hydrogen-bond donors (Lipinski definition) is 2. The van der Waals surface area contributed by atoms with Crippen LogP contribution in [0.25, 0.3) is 16.7 Å². The number of H-pyrrole nitrogens is 1. The van der Waals surface area contributed by atoms with Crippen molar-refractivity contribution in [3.63, 3.8) is 0 Å². The van der Waals surface area contributed by atoms with Crippen molar-refractivity contribution in [3.8, 4) is 5.75 Å². The predicted octanol–water partition coefficient (Wildman–Crippen LogP) is 3.55. The first kappa shape index (κ1) is 21.6. The molecule has 0 radical (unpaired) electrons. The van der Waals surface area contributed by atoms with Crippen LogP contribution in [0.3, 0.4) is 0 Å². The summed E-state index contributed by atoms with van der Waals surface area (Å²) in [6.45, 7) is 3.33. The summed E-state index contributed by atoms with van der Waals surface area (Å²) in [7, 11) is 3.82. The van der Waals surface area contributed by atoms with Crippen molar-refractivity contribution in [1.29, 1.82) is 0 Å². The summed E-state index contributed by atoms with van der Waals surface area (Å²) in [5.74, 6) is -0.825. The molecule has 1 aliphatic rings. The highest BCUT2D eigenvalue weighted by molar-refractivity contribution is 6.46. The molecule has 1 unspecified atom stereocenters. The number of ether oxygens (including phenoxy) is 1. The molecule has 1 fully saturated rings. The number of aromatic amines is 1. The van der Waals surface area contributed by atoms with E-state index in [2.05, 4.69) is 4.98 Å². The van der Waals surface area contributed by atoms with Crippen molar-refractivity contribution in [1.82, 2.24) is 14.8 Å². The zero-order valence-electron chi connectivity index (χ0n) is 18.5. The monoisotopic (exact) mass is 433 g/mol. The number of aliphatic hydroxyl groups excluding tert-OH is 1. The molecule has 32 heavy (non-hydrogen) atoms. The lowest BCUT2D eigenvalue weighted by Crippen LogP contribution is -2.35. The number of benzene rings is 2. The van der Waals surface area contributed by atoms with Crippen LogP contribution in [-0.2, 0) is 9.59 Å². The van der Waals surface area contributed by atoms with E-state index in [1.807, 2.05) is 74.4 Å². The zero-order valence-corrected chi connectivity index (χ0v) is 18.5. The molecule has 3 aromatic rings. The second-order valence-electron chi connectivity index (χ2n) is 8.05. The first-order valence-electron chi connectivity index (χ1n) is 10.6. The zero-order chi connectivity index (χ0) is 22.8. The van der Waals surface area contributed by atoms with E-state index in [1.54, 1.807) is 6.20 Å². The van der Waals surface area contributed by atoms with E-state index in [9.17, 15) is 14.7 Å². The maximum atomic E-state index is 13.2. The van der Waals surface area contributed by atoms with E-state index < -0.39 is 17.7 Å². The Balaban J connectivity index is 1.88. The molecule has 7 nitrogen and oxygen atoms in total. The number of hydrogen-bond acceptors (Lipinski definition) is 5. The lowest BCUT2D eigenvalue weighted by atomic mass is 9.95. The molecular formula is C25H27N3O4. The maximum Gasteiger partial charge on any atom is 0.295 e. The number of ketones is 1. The number of carbonyl (C=O) groups is 2. The highest BCUT2D eigenvalue weighted by Crippen LogP contribution is 2.41. The minimum absolute atomic E-state index is 0.0900. The van der Waals surface area contributed by atoms with Gasteiger partial charge in [-0.15, -0.1) is 0 Å². The first-order chi connectivity index (χ1) is 15.4. The SMILES string of the molecule is CCOc1cccc(C2/C(=C(/O)c3c[nH]c4ccccc34)C(=O)C(=O)N2CCN(C)C)c1. The second kappa shape index (κ2) is 8.88. The number of Topliss-reactive ketones (excluding diaryl/α,β-unsaturated/α-hetero) is 1. The average Bonchev–Trinajstić information content (AvgIpc) is 3.32. The van der Waals surface area contributed by atoms with Crippen LogP contribution in [0.1, 0.15) is 24.1 Å². The van der Waals surface area contributed by atoms with Crippen LogP contribution in [0.5, 0.6) is 5.75 Å². The summed E-state index contributed by atoms with van der Waals surface area (Å²) >= 11 is 0. The normalized spacial score (nSPS) is 18.1. The van der Waals surface area contributed by atoms with Crippen molar-refractivity contribution < 1.29 is 19.4 Å². The van der Waals surface area contributed by atoms with E-state index in [1.165, 1.54) is 4.90 Å². The molecule has 1 saturated heterocycles. The van der Waals surface area contributed by atoms with Gasteiger partial charge in [0, 0.05) is 35.8 Å². The largest absolute Gasteiger partial charge is 0.507 e. The topological polar surface area (TPSA) is 85.9 Å². The smallest absolute Gasteiger partial charge is 0.295 e. The van der Waals surface area contributed by atoms with Gasteiger partial charge in [0.25, 0.3) is 11.7 Å². The van der Waals surface area contributed by atoms with Gasteiger partial charge in [0.1, 0.15) is 11.5 Å². The lowest BCUT2D eigenvalue weighted by molar-refractivity contribution is -0.140. The number of nitrogens with one attached hydrogen (secondary N) is 1.